The van der Waals surface area contributed by atoms with Crippen molar-refractivity contribution in [3.05, 3.63) is 96.6 Å². The van der Waals surface area contributed by atoms with Gasteiger partial charge in [-0.1, -0.05) is 85.0 Å². The molecule has 0 saturated heterocycles. The van der Waals surface area contributed by atoms with E-state index in [1.165, 1.54) is 11.1 Å². The van der Waals surface area contributed by atoms with Crippen molar-refractivity contribution in [1.29, 1.82) is 0 Å². The lowest BCUT2D eigenvalue weighted by Crippen LogP contribution is -2.31. The zero-order chi connectivity index (χ0) is 18.4. The van der Waals surface area contributed by atoms with Gasteiger partial charge >= 0.3 is 7.12 Å². The first kappa shape index (κ1) is 16.6. The Bertz CT molecular complexity index is 1040. The van der Waals surface area contributed by atoms with E-state index in [9.17, 15) is 10.0 Å². The quantitative estimate of drug-likeness (QED) is 0.811. The summed E-state index contributed by atoms with van der Waals surface area (Å²) in [7, 11) is -1.44. The molecule has 0 radical (unpaired) electrons. The van der Waals surface area contributed by atoms with Crippen molar-refractivity contribution in [2.45, 2.75) is 0 Å². The van der Waals surface area contributed by atoms with E-state index in [4.69, 9.17) is 0 Å². The van der Waals surface area contributed by atoms with Crippen molar-refractivity contribution >= 4 is 28.9 Å². The van der Waals surface area contributed by atoms with Gasteiger partial charge in [-0.3, -0.25) is 0 Å². The third kappa shape index (κ3) is 2.84. The molecular weight excluding hydrogens is 331 g/mol. The van der Waals surface area contributed by atoms with Crippen LogP contribution in [0.4, 0.5) is 0 Å². The topological polar surface area (TPSA) is 40.5 Å². The second-order valence-electron chi connectivity index (χ2n) is 7.61. The summed E-state index contributed by atoms with van der Waals surface area (Å²) in [5, 5.41) is 21.1. The molecule has 2 aromatic rings. The lowest BCUT2D eigenvalue weighted by Gasteiger charge is -2.40. The standard InChI is InChI=1S/C24H21BO2/c26-25(27)20-12-11-16-9-10-18(13-19(16)14-20)24-15-17-5-1-2-6-21(17)22-7-3-4-8-23(22)24/h1-15,17,21-23,26-27H. The Balaban J connectivity index is 1.63. The summed E-state index contributed by atoms with van der Waals surface area (Å²) in [6, 6.07) is 12.1. The van der Waals surface area contributed by atoms with E-state index in [1.807, 2.05) is 12.1 Å². The minimum atomic E-state index is -1.44. The third-order valence-electron chi connectivity index (χ3n) is 6.07. The average Bonchev–Trinajstić information content (AvgIpc) is 2.72. The third-order valence-corrected chi connectivity index (χ3v) is 6.07. The summed E-state index contributed by atoms with van der Waals surface area (Å²) >= 11 is 0. The maximum absolute atomic E-state index is 9.50. The van der Waals surface area contributed by atoms with Crippen molar-refractivity contribution in [3.8, 4) is 0 Å². The molecule has 3 aliphatic rings. The van der Waals surface area contributed by atoms with Gasteiger partial charge in [-0.05, 0) is 45.3 Å². The molecule has 0 saturated carbocycles. The monoisotopic (exact) mass is 352 g/mol. The van der Waals surface area contributed by atoms with Crippen LogP contribution in [0.15, 0.2) is 91.1 Å². The fourth-order valence-corrected chi connectivity index (χ4v) is 4.71. The second kappa shape index (κ2) is 6.52. The van der Waals surface area contributed by atoms with E-state index in [1.54, 1.807) is 6.07 Å². The van der Waals surface area contributed by atoms with Crippen molar-refractivity contribution in [1.82, 2.24) is 0 Å². The van der Waals surface area contributed by atoms with E-state index in [0.717, 1.165) is 10.8 Å². The fraction of sp³-hybridized carbons (Fsp3) is 0.167. The van der Waals surface area contributed by atoms with Crippen LogP contribution >= 0.6 is 0 Å². The zero-order valence-electron chi connectivity index (χ0n) is 14.9. The number of hydrogen-bond donors (Lipinski definition) is 2. The van der Waals surface area contributed by atoms with Gasteiger partial charge in [0.1, 0.15) is 0 Å². The first-order valence-electron chi connectivity index (χ1n) is 9.53. The highest BCUT2D eigenvalue weighted by molar-refractivity contribution is 6.58. The van der Waals surface area contributed by atoms with Crippen LogP contribution in [0, 0.1) is 23.7 Å². The van der Waals surface area contributed by atoms with E-state index in [-0.39, 0.29) is 0 Å². The van der Waals surface area contributed by atoms with E-state index < -0.39 is 7.12 Å². The second-order valence-corrected chi connectivity index (χ2v) is 7.61. The van der Waals surface area contributed by atoms with E-state index in [2.05, 4.69) is 72.9 Å². The highest BCUT2D eigenvalue weighted by Crippen LogP contribution is 2.47. The molecule has 2 nitrogen and oxygen atoms in total. The first-order chi connectivity index (χ1) is 13.2. The molecule has 4 unspecified atom stereocenters. The summed E-state index contributed by atoms with van der Waals surface area (Å²) in [6.45, 7) is 0. The van der Waals surface area contributed by atoms with Crippen LogP contribution in [-0.4, -0.2) is 17.2 Å². The Labute approximate surface area is 159 Å². The molecule has 0 aromatic heterocycles. The smallest absolute Gasteiger partial charge is 0.423 e. The maximum Gasteiger partial charge on any atom is 0.488 e. The fourth-order valence-electron chi connectivity index (χ4n) is 4.71. The molecule has 3 aliphatic carbocycles. The Kier molecular flexibility index (Phi) is 4.00. The summed E-state index contributed by atoms with van der Waals surface area (Å²) in [5.74, 6) is 1.78. The molecule has 27 heavy (non-hydrogen) atoms. The molecule has 3 heteroatoms. The van der Waals surface area contributed by atoms with Crippen LogP contribution in [0.2, 0.25) is 0 Å². The molecule has 4 atom stereocenters. The summed E-state index contributed by atoms with van der Waals surface area (Å²) < 4.78 is 0. The van der Waals surface area contributed by atoms with Gasteiger partial charge in [0.2, 0.25) is 0 Å². The van der Waals surface area contributed by atoms with Crippen LogP contribution in [-0.2, 0) is 0 Å². The van der Waals surface area contributed by atoms with Crippen LogP contribution in [0.5, 0.6) is 0 Å². The Morgan fingerprint density at radius 3 is 2.30 bits per heavy atom. The summed E-state index contributed by atoms with van der Waals surface area (Å²) in [6.07, 6.45) is 20.4. The minimum absolute atomic E-state index is 0.372. The molecule has 0 heterocycles. The van der Waals surface area contributed by atoms with Gasteiger partial charge in [-0.15, -0.1) is 0 Å². The highest BCUT2D eigenvalue weighted by Gasteiger charge is 2.37. The predicted molar refractivity (Wildman–Crippen MR) is 112 cm³/mol. The zero-order valence-corrected chi connectivity index (χ0v) is 14.9. The minimum Gasteiger partial charge on any atom is -0.423 e. The number of allylic oxidation sites excluding steroid dienone is 10. The van der Waals surface area contributed by atoms with Crippen molar-refractivity contribution in [2.24, 2.45) is 23.7 Å². The maximum atomic E-state index is 9.50. The van der Waals surface area contributed by atoms with Crippen LogP contribution < -0.4 is 5.46 Å². The van der Waals surface area contributed by atoms with Gasteiger partial charge in [0, 0.05) is 11.8 Å². The molecule has 0 amide bonds. The van der Waals surface area contributed by atoms with Crippen molar-refractivity contribution in [3.63, 3.8) is 0 Å². The van der Waals surface area contributed by atoms with Gasteiger partial charge in [0.05, 0.1) is 0 Å². The normalized spacial score (nSPS) is 28.0. The van der Waals surface area contributed by atoms with Gasteiger partial charge < -0.3 is 10.0 Å². The molecule has 2 aromatic carbocycles. The number of rotatable bonds is 2. The Hall–Kier alpha value is -2.62. The number of fused-ring (bicyclic) bond motifs is 4. The van der Waals surface area contributed by atoms with Gasteiger partial charge in [0.15, 0.2) is 0 Å². The highest BCUT2D eigenvalue weighted by atomic mass is 16.4. The van der Waals surface area contributed by atoms with Crippen molar-refractivity contribution < 1.29 is 10.0 Å². The SMILES string of the molecule is OB(O)c1ccc2ccc(C3=CC4C=CC=CC4C4C=CC=CC34)cc2c1. The van der Waals surface area contributed by atoms with Gasteiger partial charge in [0.25, 0.3) is 0 Å². The van der Waals surface area contributed by atoms with Crippen LogP contribution in [0.3, 0.4) is 0 Å². The van der Waals surface area contributed by atoms with Gasteiger partial charge in [-0.25, -0.2) is 0 Å². The van der Waals surface area contributed by atoms with E-state index in [0.29, 0.717) is 29.1 Å². The molecule has 0 spiro atoms. The molecule has 0 fully saturated rings. The Morgan fingerprint density at radius 2 is 1.44 bits per heavy atom. The molecule has 0 aliphatic heterocycles. The number of hydrogen-bond acceptors (Lipinski definition) is 2. The Morgan fingerprint density at radius 1 is 0.704 bits per heavy atom. The molecule has 2 N–H and O–H groups in total. The lowest BCUT2D eigenvalue weighted by atomic mass is 9.63. The summed E-state index contributed by atoms with van der Waals surface area (Å²) in [4.78, 5) is 0. The van der Waals surface area contributed by atoms with Crippen LogP contribution in [0.25, 0.3) is 16.3 Å². The van der Waals surface area contributed by atoms with Gasteiger partial charge in [-0.2, -0.15) is 0 Å². The molecular formula is C24H21BO2. The molecule has 0 bridgehead atoms. The largest absolute Gasteiger partial charge is 0.488 e. The first-order valence-corrected chi connectivity index (χ1v) is 9.53. The lowest BCUT2D eigenvalue weighted by molar-refractivity contribution is 0.357. The molecule has 5 rings (SSSR count). The average molecular weight is 352 g/mol. The summed E-state index contributed by atoms with van der Waals surface area (Å²) in [5.41, 5.74) is 3.10. The van der Waals surface area contributed by atoms with Crippen LogP contribution in [0.1, 0.15) is 5.56 Å². The molecule has 132 valence electrons. The number of benzene rings is 2. The predicted octanol–water partition coefficient (Wildman–Crippen LogP) is 3.63. The van der Waals surface area contributed by atoms with Crippen molar-refractivity contribution in [2.75, 3.05) is 0 Å². The van der Waals surface area contributed by atoms with E-state index >= 15 is 0 Å².